The van der Waals surface area contributed by atoms with Gasteiger partial charge in [0.2, 0.25) is 0 Å². The SMILES string of the molecule is CN=CC(=CNCC1=CC=C(CCNC(=O)c2ccc(C3CC3)s2)CC=C1)C1=CCCCC1. The molecule has 33 heavy (non-hydrogen) atoms. The minimum atomic E-state index is 0.0587. The van der Waals surface area contributed by atoms with Gasteiger partial charge in [-0.2, -0.15) is 0 Å². The molecule has 0 unspecified atom stereocenters. The van der Waals surface area contributed by atoms with Crippen LogP contribution in [0.25, 0.3) is 0 Å². The van der Waals surface area contributed by atoms with E-state index in [9.17, 15) is 4.79 Å². The number of carbonyl (C=O) groups is 1. The van der Waals surface area contributed by atoms with Gasteiger partial charge in [0.15, 0.2) is 0 Å². The lowest BCUT2D eigenvalue weighted by Gasteiger charge is -2.14. The molecule has 5 heteroatoms. The molecule has 1 aromatic rings. The minimum Gasteiger partial charge on any atom is -0.386 e. The first-order valence-corrected chi connectivity index (χ1v) is 13.0. The van der Waals surface area contributed by atoms with Crippen molar-refractivity contribution in [1.29, 1.82) is 0 Å². The molecule has 1 amide bonds. The summed E-state index contributed by atoms with van der Waals surface area (Å²) in [5, 5.41) is 6.56. The van der Waals surface area contributed by atoms with E-state index in [2.05, 4.69) is 58.3 Å². The first kappa shape index (κ1) is 23.5. The number of allylic oxidation sites excluding steroid dienone is 6. The highest BCUT2D eigenvalue weighted by Crippen LogP contribution is 2.43. The zero-order chi connectivity index (χ0) is 22.9. The van der Waals surface area contributed by atoms with Crippen LogP contribution >= 0.6 is 11.3 Å². The highest BCUT2D eigenvalue weighted by Gasteiger charge is 2.25. The average Bonchev–Trinajstić information content (AvgIpc) is 3.61. The molecule has 174 valence electrons. The van der Waals surface area contributed by atoms with Gasteiger partial charge in [0, 0.05) is 43.0 Å². The second-order valence-corrected chi connectivity index (χ2v) is 10.1. The van der Waals surface area contributed by atoms with Crippen molar-refractivity contribution in [2.24, 2.45) is 4.99 Å². The summed E-state index contributed by atoms with van der Waals surface area (Å²) < 4.78 is 0. The van der Waals surface area contributed by atoms with E-state index in [-0.39, 0.29) is 5.91 Å². The summed E-state index contributed by atoms with van der Waals surface area (Å²) in [6.07, 6.45) is 24.4. The van der Waals surface area contributed by atoms with Gasteiger partial charge in [-0.05, 0) is 80.6 Å². The normalized spacial score (nSPS) is 19.1. The Labute approximate surface area is 202 Å². The summed E-state index contributed by atoms with van der Waals surface area (Å²) in [5.74, 6) is 0.768. The van der Waals surface area contributed by atoms with Crippen LogP contribution in [-0.2, 0) is 0 Å². The molecule has 0 spiro atoms. The van der Waals surface area contributed by atoms with Gasteiger partial charge in [-0.25, -0.2) is 0 Å². The van der Waals surface area contributed by atoms with Crippen LogP contribution in [-0.4, -0.2) is 32.3 Å². The van der Waals surface area contributed by atoms with Gasteiger partial charge >= 0.3 is 0 Å². The molecule has 1 heterocycles. The molecule has 0 saturated heterocycles. The van der Waals surface area contributed by atoms with Crippen molar-refractivity contribution in [3.63, 3.8) is 0 Å². The van der Waals surface area contributed by atoms with Crippen molar-refractivity contribution in [3.05, 3.63) is 80.8 Å². The zero-order valence-corrected chi connectivity index (χ0v) is 20.4. The Balaban J connectivity index is 1.24. The van der Waals surface area contributed by atoms with Crippen LogP contribution in [0, 0.1) is 0 Å². The largest absolute Gasteiger partial charge is 0.386 e. The summed E-state index contributed by atoms with van der Waals surface area (Å²) in [6, 6.07) is 4.09. The maximum Gasteiger partial charge on any atom is 0.261 e. The van der Waals surface area contributed by atoms with E-state index < -0.39 is 0 Å². The molecule has 2 N–H and O–H groups in total. The Morgan fingerprint density at radius 3 is 2.94 bits per heavy atom. The van der Waals surface area contributed by atoms with Crippen LogP contribution in [0.4, 0.5) is 0 Å². The summed E-state index contributed by atoms with van der Waals surface area (Å²) in [4.78, 5) is 18.9. The Bertz CT molecular complexity index is 1020. The summed E-state index contributed by atoms with van der Waals surface area (Å²) in [7, 11) is 1.83. The molecule has 0 radical (unpaired) electrons. The van der Waals surface area contributed by atoms with E-state index in [0.717, 1.165) is 30.7 Å². The molecule has 3 aliphatic rings. The molecule has 0 bridgehead atoms. The lowest BCUT2D eigenvalue weighted by Crippen LogP contribution is -2.23. The molecule has 1 saturated carbocycles. The van der Waals surface area contributed by atoms with Gasteiger partial charge in [-0.1, -0.05) is 36.0 Å². The second-order valence-electron chi connectivity index (χ2n) is 9.00. The Morgan fingerprint density at radius 1 is 1.24 bits per heavy atom. The van der Waals surface area contributed by atoms with Gasteiger partial charge < -0.3 is 10.6 Å². The third-order valence-electron chi connectivity index (χ3n) is 6.30. The summed E-state index contributed by atoms with van der Waals surface area (Å²) in [5.41, 5.74) is 5.19. The van der Waals surface area contributed by atoms with Crippen LogP contribution in [0.15, 0.2) is 76.0 Å². The van der Waals surface area contributed by atoms with Crippen LogP contribution in [0.5, 0.6) is 0 Å². The molecular weight excluding hydrogens is 426 g/mol. The van der Waals surface area contributed by atoms with Crippen molar-refractivity contribution in [1.82, 2.24) is 10.6 Å². The number of carbonyl (C=O) groups excluding carboxylic acids is 1. The number of thiophene rings is 1. The fraction of sp³-hybridized carbons (Fsp3) is 0.429. The van der Waals surface area contributed by atoms with Crippen molar-refractivity contribution in [2.75, 3.05) is 20.1 Å². The predicted molar refractivity (Wildman–Crippen MR) is 140 cm³/mol. The molecule has 1 aromatic heterocycles. The third-order valence-corrected chi connectivity index (χ3v) is 7.55. The summed E-state index contributed by atoms with van der Waals surface area (Å²) in [6.45, 7) is 1.46. The fourth-order valence-electron chi connectivity index (χ4n) is 4.23. The molecular formula is C28H35N3OS. The van der Waals surface area contributed by atoms with Crippen molar-refractivity contribution in [2.45, 2.75) is 57.3 Å². The molecule has 3 aliphatic carbocycles. The van der Waals surface area contributed by atoms with E-state index in [1.54, 1.807) is 11.3 Å². The Kier molecular flexibility index (Phi) is 8.53. The number of aliphatic imine (C=N–C) groups is 1. The maximum absolute atomic E-state index is 12.4. The standard InChI is InChI=1S/C28H35N3OS/c1-29-19-25(23-8-3-2-4-9-23)20-30-18-22-7-5-6-21(10-11-22)16-17-31-28(32)27-15-14-26(33-27)24-12-13-24/h5,7-8,10-11,14-15,19-20,24,30H,2-4,6,9,12-13,16-18H2,1H3,(H,31,32). The lowest BCUT2D eigenvalue weighted by molar-refractivity contribution is 0.0958. The number of rotatable bonds is 10. The summed E-state index contributed by atoms with van der Waals surface area (Å²) >= 11 is 1.65. The number of amides is 1. The quantitative estimate of drug-likeness (QED) is 0.406. The second kappa shape index (κ2) is 12.0. The molecule has 0 atom stereocenters. The smallest absolute Gasteiger partial charge is 0.261 e. The molecule has 1 fully saturated rings. The number of hydrogen-bond donors (Lipinski definition) is 2. The highest BCUT2D eigenvalue weighted by molar-refractivity contribution is 7.14. The van der Waals surface area contributed by atoms with Gasteiger partial charge in [-0.15, -0.1) is 11.3 Å². The maximum atomic E-state index is 12.4. The van der Waals surface area contributed by atoms with Crippen molar-refractivity contribution >= 4 is 23.5 Å². The van der Waals surface area contributed by atoms with E-state index in [1.807, 2.05) is 19.3 Å². The fourth-order valence-corrected chi connectivity index (χ4v) is 5.32. The zero-order valence-electron chi connectivity index (χ0n) is 19.6. The number of nitrogens with one attached hydrogen (secondary N) is 2. The van der Waals surface area contributed by atoms with Crippen LogP contribution in [0.1, 0.15) is 71.8 Å². The van der Waals surface area contributed by atoms with E-state index >= 15 is 0 Å². The third kappa shape index (κ3) is 7.16. The predicted octanol–water partition coefficient (Wildman–Crippen LogP) is 6.23. The van der Waals surface area contributed by atoms with Crippen LogP contribution in [0.2, 0.25) is 0 Å². The van der Waals surface area contributed by atoms with Crippen LogP contribution in [0.3, 0.4) is 0 Å². The molecule has 0 aromatic carbocycles. The van der Waals surface area contributed by atoms with Crippen molar-refractivity contribution < 1.29 is 4.79 Å². The van der Waals surface area contributed by atoms with Crippen molar-refractivity contribution in [3.8, 4) is 0 Å². The first-order valence-electron chi connectivity index (χ1n) is 12.2. The monoisotopic (exact) mass is 461 g/mol. The van der Waals surface area contributed by atoms with E-state index in [4.69, 9.17) is 0 Å². The number of hydrogen-bond acceptors (Lipinski definition) is 4. The van der Waals surface area contributed by atoms with Gasteiger partial charge in [-0.3, -0.25) is 9.79 Å². The number of nitrogens with zero attached hydrogens (tertiary/aromatic N) is 1. The molecule has 4 rings (SSSR count). The molecule has 4 nitrogen and oxygen atoms in total. The van der Waals surface area contributed by atoms with E-state index in [0.29, 0.717) is 12.5 Å². The van der Waals surface area contributed by atoms with Gasteiger partial charge in [0.1, 0.15) is 0 Å². The average molecular weight is 462 g/mol. The van der Waals surface area contributed by atoms with E-state index in [1.165, 1.54) is 59.3 Å². The topological polar surface area (TPSA) is 53.5 Å². The minimum absolute atomic E-state index is 0.0587. The first-order chi connectivity index (χ1) is 16.2. The van der Waals surface area contributed by atoms with Gasteiger partial charge in [0.25, 0.3) is 5.91 Å². The lowest BCUT2D eigenvalue weighted by atomic mass is 9.94. The van der Waals surface area contributed by atoms with Gasteiger partial charge in [0.05, 0.1) is 4.88 Å². The highest BCUT2D eigenvalue weighted by atomic mass is 32.1. The Morgan fingerprint density at radius 2 is 2.15 bits per heavy atom. The Hall–Kier alpha value is -2.66. The molecule has 0 aliphatic heterocycles. The van der Waals surface area contributed by atoms with Crippen LogP contribution < -0.4 is 10.6 Å².